The highest BCUT2D eigenvalue weighted by atomic mass is 35.5. The number of carbonyl (C=O) groups is 1. The number of ketones is 1. The second kappa shape index (κ2) is 10.8. The highest BCUT2D eigenvalue weighted by Crippen LogP contribution is 2.40. The molecule has 0 N–H and O–H groups in total. The van der Waals surface area contributed by atoms with Crippen molar-refractivity contribution in [2.75, 3.05) is 31.9 Å². The number of halogens is 5. The first-order valence-corrected chi connectivity index (χ1v) is 13.7. The van der Waals surface area contributed by atoms with E-state index in [4.69, 9.17) is 11.6 Å². The Bertz CT molecular complexity index is 987. The van der Waals surface area contributed by atoms with Crippen LogP contribution in [0.4, 0.5) is 17.6 Å². The molecule has 5 nitrogen and oxygen atoms in total. The van der Waals surface area contributed by atoms with Crippen molar-refractivity contribution in [1.29, 1.82) is 0 Å². The summed E-state index contributed by atoms with van der Waals surface area (Å²) < 4.78 is 81.2. The second-order valence-corrected chi connectivity index (χ2v) is 11.7. The van der Waals surface area contributed by atoms with Crippen LogP contribution in [0.5, 0.6) is 0 Å². The highest BCUT2D eigenvalue weighted by molar-refractivity contribution is 7.89. The molecule has 34 heavy (non-hydrogen) atoms. The minimum absolute atomic E-state index is 0.0966. The topological polar surface area (TPSA) is 57.7 Å². The SMILES string of the molecule is CCCS(=O)(=O)N1CCN(C2(CCC(=O)c3c(C(F)(F)F)ccc(Cl)c3F)CCCCC2)CC1. The van der Waals surface area contributed by atoms with E-state index in [2.05, 4.69) is 4.90 Å². The van der Waals surface area contributed by atoms with Crippen molar-refractivity contribution >= 4 is 27.4 Å². The van der Waals surface area contributed by atoms with E-state index in [9.17, 15) is 30.8 Å². The van der Waals surface area contributed by atoms with E-state index in [1.165, 1.54) is 4.31 Å². The molecule has 0 spiro atoms. The molecule has 2 fully saturated rings. The maximum atomic E-state index is 14.6. The van der Waals surface area contributed by atoms with Crippen molar-refractivity contribution in [3.63, 3.8) is 0 Å². The predicted octanol–water partition coefficient (Wildman–Crippen LogP) is 5.52. The van der Waals surface area contributed by atoms with Crippen LogP contribution in [-0.4, -0.2) is 60.9 Å². The number of Topliss-reactive ketones (excluding diaryl/α,β-unsaturated/α-hetero) is 1. The van der Waals surface area contributed by atoms with Crippen molar-refractivity contribution in [1.82, 2.24) is 9.21 Å². The lowest BCUT2D eigenvalue weighted by Crippen LogP contribution is -2.58. The molecular weight excluding hydrogens is 496 g/mol. The largest absolute Gasteiger partial charge is 0.417 e. The van der Waals surface area contributed by atoms with Gasteiger partial charge in [-0.2, -0.15) is 17.5 Å². The normalized spacial score (nSPS) is 20.4. The smallest absolute Gasteiger partial charge is 0.295 e. The van der Waals surface area contributed by atoms with Gasteiger partial charge in [-0.3, -0.25) is 9.69 Å². The Morgan fingerprint density at radius 3 is 2.26 bits per heavy atom. The minimum atomic E-state index is -4.88. The standard InChI is InChI=1S/C23H31ClF4N2O3S/c1-2-16-34(32,33)30-14-12-29(13-15-30)22(9-4-3-5-10-22)11-8-19(31)20-17(23(26,27)28)6-7-18(24)21(20)25/h6-7H,2-5,8-16H2,1H3. The number of nitrogens with zero attached hydrogens (tertiary/aromatic N) is 2. The average Bonchev–Trinajstić information content (AvgIpc) is 2.79. The summed E-state index contributed by atoms with van der Waals surface area (Å²) in [6.45, 7) is 3.50. The van der Waals surface area contributed by atoms with Crippen LogP contribution in [0.3, 0.4) is 0 Å². The van der Waals surface area contributed by atoms with E-state index in [1.54, 1.807) is 0 Å². The van der Waals surface area contributed by atoms with Gasteiger partial charge in [-0.1, -0.05) is 37.8 Å². The van der Waals surface area contributed by atoms with E-state index >= 15 is 0 Å². The molecule has 0 aromatic heterocycles. The van der Waals surface area contributed by atoms with Gasteiger partial charge in [-0.05, 0) is 37.8 Å². The van der Waals surface area contributed by atoms with Gasteiger partial charge in [0.1, 0.15) is 0 Å². The fourth-order valence-corrected chi connectivity index (χ4v) is 6.94. The lowest BCUT2D eigenvalue weighted by atomic mass is 9.76. The number of hydrogen-bond donors (Lipinski definition) is 0. The van der Waals surface area contributed by atoms with Gasteiger partial charge in [-0.15, -0.1) is 0 Å². The molecule has 0 amide bonds. The molecule has 11 heteroatoms. The van der Waals surface area contributed by atoms with Crippen LogP contribution in [0.1, 0.15) is 74.2 Å². The minimum Gasteiger partial charge on any atom is -0.295 e. The van der Waals surface area contributed by atoms with E-state index in [1.807, 2.05) is 6.92 Å². The molecular formula is C23H31ClF4N2O3S. The first kappa shape index (κ1) is 27.4. The van der Waals surface area contributed by atoms with Crippen LogP contribution in [0.2, 0.25) is 5.02 Å². The molecule has 192 valence electrons. The van der Waals surface area contributed by atoms with Crippen molar-refractivity contribution < 1.29 is 30.8 Å². The number of hydrogen-bond acceptors (Lipinski definition) is 4. The molecule has 0 radical (unpaired) electrons. The van der Waals surface area contributed by atoms with Crippen molar-refractivity contribution in [2.45, 2.75) is 70.0 Å². The fraction of sp³-hybridized carbons (Fsp3) is 0.696. The van der Waals surface area contributed by atoms with Crippen LogP contribution >= 0.6 is 11.6 Å². The van der Waals surface area contributed by atoms with Crippen molar-refractivity contribution in [2.24, 2.45) is 0 Å². The third-order valence-corrected chi connectivity index (χ3v) is 9.41. The molecule has 1 aromatic rings. The third-order valence-electron chi connectivity index (χ3n) is 7.05. The van der Waals surface area contributed by atoms with Crippen molar-refractivity contribution in [3.8, 4) is 0 Å². The molecule has 3 rings (SSSR count). The quantitative estimate of drug-likeness (QED) is 0.330. The number of rotatable bonds is 8. The third kappa shape index (κ3) is 5.94. The predicted molar refractivity (Wildman–Crippen MR) is 123 cm³/mol. The van der Waals surface area contributed by atoms with E-state index in [0.717, 1.165) is 38.2 Å². The Labute approximate surface area is 203 Å². The van der Waals surface area contributed by atoms with Gasteiger partial charge in [0.2, 0.25) is 10.0 Å². The van der Waals surface area contributed by atoms with Crippen LogP contribution in [-0.2, 0) is 16.2 Å². The zero-order valence-electron chi connectivity index (χ0n) is 19.3. The summed E-state index contributed by atoms with van der Waals surface area (Å²) in [4.78, 5) is 15.1. The lowest BCUT2D eigenvalue weighted by Gasteiger charge is -2.50. The van der Waals surface area contributed by atoms with Crippen LogP contribution in [0.25, 0.3) is 0 Å². The zero-order valence-corrected chi connectivity index (χ0v) is 20.8. The second-order valence-electron chi connectivity index (χ2n) is 9.19. The number of piperazine rings is 1. The summed E-state index contributed by atoms with van der Waals surface area (Å²) in [5, 5.41) is -0.520. The molecule has 1 saturated heterocycles. The molecule has 1 saturated carbocycles. The number of sulfonamides is 1. The van der Waals surface area contributed by atoms with Gasteiger partial charge in [-0.25, -0.2) is 12.8 Å². The van der Waals surface area contributed by atoms with Crippen LogP contribution in [0.15, 0.2) is 12.1 Å². The summed E-state index contributed by atoms with van der Waals surface area (Å²) >= 11 is 5.69. The Balaban J connectivity index is 1.78. The Morgan fingerprint density at radius 1 is 1.09 bits per heavy atom. The van der Waals surface area contributed by atoms with Gasteiger partial charge >= 0.3 is 6.18 Å². The summed E-state index contributed by atoms with van der Waals surface area (Å²) in [6.07, 6.45) is 0.114. The summed E-state index contributed by atoms with van der Waals surface area (Å²) in [7, 11) is -3.30. The lowest BCUT2D eigenvalue weighted by molar-refractivity contribution is -0.138. The van der Waals surface area contributed by atoms with Crippen molar-refractivity contribution in [3.05, 3.63) is 34.1 Å². The van der Waals surface area contributed by atoms with Gasteiger partial charge < -0.3 is 0 Å². The van der Waals surface area contributed by atoms with E-state index < -0.39 is 49.5 Å². The Hall–Kier alpha value is -1.23. The highest BCUT2D eigenvalue weighted by Gasteiger charge is 2.42. The molecule has 1 aliphatic carbocycles. The maximum Gasteiger partial charge on any atom is 0.417 e. The van der Waals surface area contributed by atoms with Gasteiger partial charge in [0.05, 0.1) is 21.9 Å². The maximum absolute atomic E-state index is 14.6. The summed E-state index contributed by atoms with van der Waals surface area (Å²) in [6, 6.07) is 1.45. The molecule has 1 heterocycles. The van der Waals surface area contributed by atoms with Gasteiger partial charge in [0, 0.05) is 38.1 Å². The molecule has 1 aliphatic heterocycles. The molecule has 1 aromatic carbocycles. The Morgan fingerprint density at radius 2 is 1.71 bits per heavy atom. The zero-order chi connectivity index (χ0) is 25.1. The van der Waals surface area contributed by atoms with Crippen LogP contribution in [0, 0.1) is 5.82 Å². The first-order chi connectivity index (χ1) is 15.9. The van der Waals surface area contributed by atoms with E-state index in [-0.39, 0.29) is 18.6 Å². The Kier molecular flexibility index (Phi) is 8.69. The molecule has 0 bridgehead atoms. The average molecular weight is 527 g/mol. The molecule has 2 aliphatic rings. The number of alkyl halides is 3. The molecule has 0 unspecified atom stereocenters. The number of carbonyl (C=O) groups excluding carboxylic acids is 1. The fourth-order valence-electron chi connectivity index (χ4n) is 5.29. The van der Waals surface area contributed by atoms with Gasteiger partial charge in [0.25, 0.3) is 0 Å². The summed E-state index contributed by atoms with van der Waals surface area (Å²) in [5.41, 5.74) is -2.73. The summed E-state index contributed by atoms with van der Waals surface area (Å²) in [5.74, 6) is -2.16. The first-order valence-electron chi connectivity index (χ1n) is 11.7. The number of benzene rings is 1. The van der Waals surface area contributed by atoms with E-state index in [0.29, 0.717) is 38.7 Å². The van der Waals surface area contributed by atoms with Gasteiger partial charge in [0.15, 0.2) is 11.6 Å². The monoisotopic (exact) mass is 526 g/mol. The van der Waals surface area contributed by atoms with Crippen LogP contribution < -0.4 is 0 Å². The molecule has 0 atom stereocenters.